The Morgan fingerprint density at radius 1 is 0.909 bits per heavy atom. The van der Waals surface area contributed by atoms with Crippen LogP contribution in [-0.4, -0.2) is 29.6 Å². The molecule has 1 unspecified atom stereocenters. The molecular weight excluding hydrogens is 418 g/mol. The summed E-state index contributed by atoms with van der Waals surface area (Å²) in [5, 5.41) is 12.0. The monoisotopic (exact) mass is 445 g/mol. The number of hydrogen-bond acceptors (Lipinski definition) is 4. The molecule has 3 aromatic rings. The molecule has 0 spiro atoms. The molecule has 6 nitrogen and oxygen atoms in total. The molecule has 0 heterocycles. The highest BCUT2D eigenvalue weighted by atomic mass is 16.5. The van der Waals surface area contributed by atoms with Crippen LogP contribution < -0.4 is 14.8 Å². The molecule has 0 aliphatic heterocycles. The minimum absolute atomic E-state index is 0.206. The van der Waals surface area contributed by atoms with E-state index in [9.17, 15) is 14.7 Å². The van der Waals surface area contributed by atoms with E-state index >= 15 is 0 Å². The van der Waals surface area contributed by atoms with Crippen LogP contribution in [-0.2, 0) is 22.6 Å². The Bertz CT molecular complexity index is 1080. The van der Waals surface area contributed by atoms with Crippen molar-refractivity contribution < 1.29 is 24.2 Å². The van der Waals surface area contributed by atoms with E-state index in [4.69, 9.17) is 9.47 Å². The Morgan fingerprint density at radius 2 is 1.58 bits per heavy atom. The molecule has 0 aliphatic carbocycles. The molecule has 3 rings (SSSR count). The quantitative estimate of drug-likeness (QED) is 0.425. The van der Waals surface area contributed by atoms with Gasteiger partial charge in [-0.3, -0.25) is 4.79 Å². The fourth-order valence-electron chi connectivity index (χ4n) is 3.19. The number of carboxylic acid groups (broad SMARTS) is 1. The number of aliphatic carboxylic acids is 1. The second-order valence-electron chi connectivity index (χ2n) is 7.34. The second kappa shape index (κ2) is 12.1. The number of hydrogen-bond donors (Lipinski definition) is 2. The van der Waals surface area contributed by atoms with E-state index in [1.165, 1.54) is 6.08 Å². The van der Waals surface area contributed by atoms with Crippen molar-refractivity contribution in [1.82, 2.24) is 5.32 Å². The van der Waals surface area contributed by atoms with Crippen LogP contribution in [0.3, 0.4) is 0 Å². The Kier molecular flexibility index (Phi) is 8.65. The summed E-state index contributed by atoms with van der Waals surface area (Å²) in [6, 6.07) is 23.4. The predicted molar refractivity (Wildman–Crippen MR) is 127 cm³/mol. The molecule has 0 fully saturated rings. The van der Waals surface area contributed by atoms with Crippen molar-refractivity contribution in [3.63, 3.8) is 0 Å². The van der Waals surface area contributed by atoms with Gasteiger partial charge in [0.05, 0.1) is 6.61 Å². The lowest BCUT2D eigenvalue weighted by Gasteiger charge is -2.14. The fourth-order valence-corrected chi connectivity index (χ4v) is 3.19. The Hall–Kier alpha value is -4.06. The van der Waals surface area contributed by atoms with Crippen LogP contribution in [0.4, 0.5) is 0 Å². The van der Waals surface area contributed by atoms with Gasteiger partial charge in [-0.25, -0.2) is 4.79 Å². The highest BCUT2D eigenvalue weighted by molar-refractivity contribution is 5.94. The molecule has 0 aliphatic rings. The van der Waals surface area contributed by atoms with Crippen LogP contribution in [0.1, 0.15) is 23.6 Å². The topological polar surface area (TPSA) is 84.9 Å². The second-order valence-corrected chi connectivity index (χ2v) is 7.34. The van der Waals surface area contributed by atoms with Gasteiger partial charge < -0.3 is 19.9 Å². The van der Waals surface area contributed by atoms with Crippen molar-refractivity contribution in [2.45, 2.75) is 26.0 Å². The smallest absolute Gasteiger partial charge is 0.326 e. The molecule has 2 N–H and O–H groups in total. The van der Waals surface area contributed by atoms with E-state index in [2.05, 4.69) is 5.32 Å². The first-order chi connectivity index (χ1) is 16.0. The van der Waals surface area contributed by atoms with Gasteiger partial charge in [0.1, 0.15) is 12.6 Å². The third-order valence-corrected chi connectivity index (χ3v) is 4.83. The molecule has 1 amide bonds. The summed E-state index contributed by atoms with van der Waals surface area (Å²) in [5.41, 5.74) is 2.61. The first-order valence-corrected chi connectivity index (χ1v) is 10.7. The third-order valence-electron chi connectivity index (χ3n) is 4.83. The number of carboxylic acids is 1. The van der Waals surface area contributed by atoms with Crippen molar-refractivity contribution >= 4 is 18.0 Å². The van der Waals surface area contributed by atoms with E-state index < -0.39 is 17.9 Å². The summed E-state index contributed by atoms with van der Waals surface area (Å²) in [5.74, 6) is -0.389. The largest absolute Gasteiger partial charge is 0.490 e. The maximum absolute atomic E-state index is 12.3. The number of carbonyl (C=O) groups is 2. The van der Waals surface area contributed by atoms with E-state index in [1.807, 2.05) is 73.7 Å². The van der Waals surface area contributed by atoms with Gasteiger partial charge in [-0.1, -0.05) is 66.7 Å². The van der Waals surface area contributed by atoms with Gasteiger partial charge >= 0.3 is 5.97 Å². The highest BCUT2D eigenvalue weighted by Gasteiger charge is 2.19. The molecule has 0 saturated heterocycles. The molecule has 0 radical (unpaired) electrons. The lowest BCUT2D eigenvalue weighted by atomic mass is 10.1. The molecule has 0 aromatic heterocycles. The Morgan fingerprint density at radius 3 is 2.21 bits per heavy atom. The number of amides is 1. The van der Waals surface area contributed by atoms with E-state index in [-0.39, 0.29) is 6.42 Å². The van der Waals surface area contributed by atoms with Gasteiger partial charge in [0.25, 0.3) is 0 Å². The summed E-state index contributed by atoms with van der Waals surface area (Å²) in [6.45, 7) is 2.77. The van der Waals surface area contributed by atoms with Crippen molar-refractivity contribution in [3.05, 3.63) is 102 Å². The summed E-state index contributed by atoms with van der Waals surface area (Å²) in [6.07, 6.45) is 3.13. The Balaban J connectivity index is 1.64. The normalized spacial score (nSPS) is 11.7. The predicted octanol–water partition coefficient (Wildman–Crippen LogP) is 4.49. The summed E-state index contributed by atoms with van der Waals surface area (Å²) in [7, 11) is 0. The molecule has 33 heavy (non-hydrogen) atoms. The average Bonchev–Trinajstić information content (AvgIpc) is 2.83. The molecule has 0 saturated carbocycles. The molecular formula is C27H27NO5. The zero-order valence-corrected chi connectivity index (χ0v) is 18.4. The Labute approximate surface area is 193 Å². The van der Waals surface area contributed by atoms with Crippen molar-refractivity contribution in [2.24, 2.45) is 0 Å². The van der Waals surface area contributed by atoms with Crippen molar-refractivity contribution in [3.8, 4) is 11.5 Å². The zero-order chi connectivity index (χ0) is 23.5. The lowest BCUT2D eigenvalue weighted by molar-refractivity contribution is -0.141. The lowest BCUT2D eigenvalue weighted by Crippen LogP contribution is -2.41. The van der Waals surface area contributed by atoms with Crippen LogP contribution in [0.2, 0.25) is 0 Å². The maximum Gasteiger partial charge on any atom is 0.326 e. The van der Waals surface area contributed by atoms with E-state index in [0.717, 1.165) is 16.7 Å². The van der Waals surface area contributed by atoms with Crippen LogP contribution in [0.15, 0.2) is 84.9 Å². The SMILES string of the molecule is CCOc1cc(/C=C/C(=O)NC(Cc2ccccc2)C(=O)O)ccc1OCc1ccccc1. The van der Waals surface area contributed by atoms with E-state index in [0.29, 0.717) is 24.7 Å². The molecule has 1 atom stereocenters. The van der Waals surface area contributed by atoms with Crippen LogP contribution in [0.5, 0.6) is 11.5 Å². The number of nitrogens with one attached hydrogen (secondary N) is 1. The first kappa shape index (κ1) is 23.6. The van der Waals surface area contributed by atoms with Crippen LogP contribution in [0, 0.1) is 0 Å². The van der Waals surface area contributed by atoms with E-state index in [1.54, 1.807) is 18.2 Å². The summed E-state index contributed by atoms with van der Waals surface area (Å²) >= 11 is 0. The number of rotatable bonds is 11. The third kappa shape index (κ3) is 7.54. The highest BCUT2D eigenvalue weighted by Crippen LogP contribution is 2.29. The zero-order valence-electron chi connectivity index (χ0n) is 18.4. The van der Waals surface area contributed by atoms with Crippen LogP contribution >= 0.6 is 0 Å². The molecule has 0 bridgehead atoms. The van der Waals surface area contributed by atoms with Gasteiger partial charge in [-0.15, -0.1) is 0 Å². The summed E-state index contributed by atoms with van der Waals surface area (Å²) < 4.78 is 11.6. The van der Waals surface area contributed by atoms with Crippen molar-refractivity contribution in [1.29, 1.82) is 0 Å². The number of carbonyl (C=O) groups excluding carboxylic acids is 1. The minimum atomic E-state index is -1.08. The van der Waals surface area contributed by atoms with Gasteiger partial charge in [-0.05, 0) is 41.8 Å². The average molecular weight is 446 g/mol. The molecule has 3 aromatic carbocycles. The maximum atomic E-state index is 12.3. The van der Waals surface area contributed by atoms with Crippen molar-refractivity contribution in [2.75, 3.05) is 6.61 Å². The minimum Gasteiger partial charge on any atom is -0.490 e. The molecule has 170 valence electrons. The number of benzene rings is 3. The van der Waals surface area contributed by atoms with Gasteiger partial charge in [0.2, 0.25) is 5.91 Å². The van der Waals surface area contributed by atoms with Gasteiger partial charge in [0.15, 0.2) is 11.5 Å². The fraction of sp³-hybridized carbons (Fsp3) is 0.185. The van der Waals surface area contributed by atoms with Gasteiger partial charge in [0, 0.05) is 12.5 Å². The summed E-state index contributed by atoms with van der Waals surface area (Å²) in [4.78, 5) is 23.9. The first-order valence-electron chi connectivity index (χ1n) is 10.7. The standard InChI is InChI=1S/C27H27NO5/c1-2-32-25-18-21(13-15-24(25)33-19-22-11-7-4-8-12-22)14-16-26(29)28-23(27(30)31)17-20-9-5-3-6-10-20/h3-16,18,23H,2,17,19H2,1H3,(H,28,29)(H,30,31)/b16-14+. The van der Waals surface area contributed by atoms with Gasteiger partial charge in [-0.2, -0.15) is 0 Å². The molecule has 6 heteroatoms. The number of ether oxygens (including phenoxy) is 2. The van der Waals surface area contributed by atoms with Crippen LogP contribution in [0.25, 0.3) is 6.08 Å².